The Morgan fingerprint density at radius 3 is 1.86 bits per heavy atom. The van der Waals surface area contributed by atoms with Crippen LogP contribution in [0.25, 0.3) is 0 Å². The molecule has 2 rings (SSSR count). The molecule has 0 aliphatic rings. The molecule has 2 aromatic carbocycles. The van der Waals surface area contributed by atoms with E-state index in [9.17, 15) is 0 Å². The molecule has 0 fully saturated rings. The Hall–Kier alpha value is -1.60. The van der Waals surface area contributed by atoms with Crippen LogP contribution in [-0.4, -0.2) is 0 Å². The topological polar surface area (TPSA) is 26.0 Å². The molecule has 0 heterocycles. The summed E-state index contributed by atoms with van der Waals surface area (Å²) >= 11 is 0. The van der Waals surface area contributed by atoms with Crippen LogP contribution in [-0.2, 0) is 12.8 Å². The molecule has 0 bridgehead atoms. The Balaban J connectivity index is 1.92. The van der Waals surface area contributed by atoms with Crippen LogP contribution >= 0.6 is 0 Å². The molecular weight excluding hydrogens is 254 g/mol. The number of benzene rings is 2. The third-order valence-electron chi connectivity index (χ3n) is 4.21. The summed E-state index contributed by atoms with van der Waals surface area (Å²) in [5, 5.41) is 0. The van der Waals surface area contributed by atoms with Crippen molar-refractivity contribution in [2.24, 2.45) is 5.73 Å². The van der Waals surface area contributed by atoms with Gasteiger partial charge in [-0.1, -0.05) is 69.3 Å². The molecule has 0 aliphatic heterocycles. The predicted octanol–water partition coefficient (Wildman–Crippen LogP) is 5.01. The molecule has 1 nitrogen and oxygen atoms in total. The van der Waals surface area contributed by atoms with Crippen LogP contribution in [0.1, 0.15) is 61.4 Å². The molecule has 2 aromatic rings. The molecule has 1 unspecified atom stereocenters. The maximum atomic E-state index is 6.31. The molecule has 0 aliphatic carbocycles. The molecular formula is C20H27N. The maximum Gasteiger partial charge on any atom is 0.0298 e. The fraction of sp³-hybridized carbons (Fsp3) is 0.400. The van der Waals surface area contributed by atoms with Crippen LogP contribution in [0.5, 0.6) is 0 Å². The largest absolute Gasteiger partial charge is 0.324 e. The van der Waals surface area contributed by atoms with Crippen molar-refractivity contribution in [2.45, 2.75) is 52.0 Å². The maximum absolute atomic E-state index is 6.31. The van der Waals surface area contributed by atoms with E-state index >= 15 is 0 Å². The van der Waals surface area contributed by atoms with E-state index in [1.165, 1.54) is 22.3 Å². The SMILES string of the molecule is CCc1ccc(C(N)CCc2ccc(C(C)C)cc2)cc1. The minimum absolute atomic E-state index is 0.126. The van der Waals surface area contributed by atoms with E-state index in [0.717, 1.165) is 19.3 Å². The molecule has 1 atom stereocenters. The van der Waals surface area contributed by atoms with Crippen molar-refractivity contribution in [3.63, 3.8) is 0 Å². The van der Waals surface area contributed by atoms with E-state index in [4.69, 9.17) is 5.73 Å². The molecule has 21 heavy (non-hydrogen) atoms. The van der Waals surface area contributed by atoms with E-state index in [-0.39, 0.29) is 6.04 Å². The van der Waals surface area contributed by atoms with Crippen molar-refractivity contribution in [3.8, 4) is 0 Å². The lowest BCUT2D eigenvalue weighted by Gasteiger charge is -2.13. The smallest absolute Gasteiger partial charge is 0.0298 e. The Kier molecular flexibility index (Phi) is 5.58. The highest BCUT2D eigenvalue weighted by Gasteiger charge is 2.06. The Morgan fingerprint density at radius 2 is 1.33 bits per heavy atom. The highest BCUT2D eigenvalue weighted by atomic mass is 14.6. The number of rotatable bonds is 6. The standard InChI is InChI=1S/C20H27N/c1-4-16-5-12-19(13-6-16)20(21)14-9-17-7-10-18(11-8-17)15(2)3/h5-8,10-13,15,20H,4,9,14,21H2,1-3H3. The first-order chi connectivity index (χ1) is 10.1. The van der Waals surface area contributed by atoms with Crippen molar-refractivity contribution in [2.75, 3.05) is 0 Å². The van der Waals surface area contributed by atoms with Gasteiger partial charge < -0.3 is 5.73 Å². The van der Waals surface area contributed by atoms with Gasteiger partial charge in [0.2, 0.25) is 0 Å². The highest BCUT2D eigenvalue weighted by Crippen LogP contribution is 2.19. The summed E-state index contributed by atoms with van der Waals surface area (Å²) in [7, 11) is 0. The predicted molar refractivity (Wildman–Crippen MR) is 91.6 cm³/mol. The average Bonchev–Trinajstić information content (AvgIpc) is 2.53. The van der Waals surface area contributed by atoms with Gasteiger partial charge in [0.1, 0.15) is 0 Å². The van der Waals surface area contributed by atoms with E-state index in [1.54, 1.807) is 0 Å². The van der Waals surface area contributed by atoms with Gasteiger partial charge in [-0.05, 0) is 47.4 Å². The first kappa shape index (κ1) is 15.8. The van der Waals surface area contributed by atoms with E-state index in [0.29, 0.717) is 5.92 Å². The number of hydrogen-bond acceptors (Lipinski definition) is 1. The lowest BCUT2D eigenvalue weighted by molar-refractivity contribution is 0.651. The van der Waals surface area contributed by atoms with Gasteiger partial charge in [-0.2, -0.15) is 0 Å². The van der Waals surface area contributed by atoms with Gasteiger partial charge in [0.05, 0.1) is 0 Å². The third kappa shape index (κ3) is 4.44. The second-order valence-corrected chi connectivity index (χ2v) is 6.14. The zero-order valence-corrected chi connectivity index (χ0v) is 13.5. The van der Waals surface area contributed by atoms with Crippen molar-refractivity contribution < 1.29 is 0 Å². The lowest BCUT2D eigenvalue weighted by atomic mass is 9.96. The fourth-order valence-electron chi connectivity index (χ4n) is 2.56. The number of aryl methyl sites for hydroxylation is 2. The summed E-state index contributed by atoms with van der Waals surface area (Å²) in [4.78, 5) is 0. The average molecular weight is 281 g/mol. The fourth-order valence-corrected chi connectivity index (χ4v) is 2.56. The Morgan fingerprint density at radius 1 is 0.810 bits per heavy atom. The molecule has 0 saturated carbocycles. The zero-order valence-electron chi connectivity index (χ0n) is 13.5. The first-order valence-corrected chi connectivity index (χ1v) is 8.03. The summed E-state index contributed by atoms with van der Waals surface area (Å²) in [6.45, 7) is 6.63. The van der Waals surface area contributed by atoms with Crippen LogP contribution in [0.15, 0.2) is 48.5 Å². The zero-order chi connectivity index (χ0) is 15.2. The third-order valence-corrected chi connectivity index (χ3v) is 4.21. The van der Waals surface area contributed by atoms with Crippen LogP contribution < -0.4 is 5.73 Å². The number of hydrogen-bond donors (Lipinski definition) is 1. The molecule has 0 radical (unpaired) electrons. The Bertz CT molecular complexity index is 537. The summed E-state index contributed by atoms with van der Waals surface area (Å²) in [5.41, 5.74) is 11.7. The van der Waals surface area contributed by atoms with Crippen LogP contribution in [0, 0.1) is 0 Å². The molecule has 112 valence electrons. The van der Waals surface area contributed by atoms with Gasteiger partial charge in [-0.3, -0.25) is 0 Å². The van der Waals surface area contributed by atoms with Crippen molar-refractivity contribution in [1.29, 1.82) is 0 Å². The molecule has 0 spiro atoms. The molecule has 0 amide bonds. The minimum Gasteiger partial charge on any atom is -0.324 e. The molecule has 1 heteroatoms. The van der Waals surface area contributed by atoms with Gasteiger partial charge in [-0.25, -0.2) is 0 Å². The van der Waals surface area contributed by atoms with E-state index in [1.807, 2.05) is 0 Å². The van der Waals surface area contributed by atoms with Crippen LogP contribution in [0.4, 0.5) is 0 Å². The highest BCUT2D eigenvalue weighted by molar-refractivity contribution is 5.27. The van der Waals surface area contributed by atoms with Gasteiger partial charge in [-0.15, -0.1) is 0 Å². The van der Waals surface area contributed by atoms with Crippen molar-refractivity contribution in [3.05, 3.63) is 70.8 Å². The van der Waals surface area contributed by atoms with E-state index < -0.39 is 0 Å². The Labute approximate surface area is 129 Å². The first-order valence-electron chi connectivity index (χ1n) is 8.03. The second-order valence-electron chi connectivity index (χ2n) is 6.14. The van der Waals surface area contributed by atoms with Crippen LogP contribution in [0.2, 0.25) is 0 Å². The lowest BCUT2D eigenvalue weighted by Crippen LogP contribution is -2.11. The van der Waals surface area contributed by atoms with Gasteiger partial charge in [0.25, 0.3) is 0 Å². The second kappa shape index (κ2) is 7.42. The van der Waals surface area contributed by atoms with Crippen LogP contribution in [0.3, 0.4) is 0 Å². The number of nitrogens with two attached hydrogens (primary N) is 1. The normalized spacial score (nSPS) is 12.6. The molecule has 0 aromatic heterocycles. The van der Waals surface area contributed by atoms with Crippen molar-refractivity contribution in [1.82, 2.24) is 0 Å². The molecule has 2 N–H and O–H groups in total. The summed E-state index contributed by atoms with van der Waals surface area (Å²) in [6.07, 6.45) is 3.11. The summed E-state index contributed by atoms with van der Waals surface area (Å²) in [6, 6.07) is 17.8. The molecule has 0 saturated heterocycles. The quantitative estimate of drug-likeness (QED) is 0.791. The van der Waals surface area contributed by atoms with Crippen molar-refractivity contribution >= 4 is 0 Å². The summed E-state index contributed by atoms with van der Waals surface area (Å²) < 4.78 is 0. The summed E-state index contributed by atoms with van der Waals surface area (Å²) in [5.74, 6) is 0.596. The van der Waals surface area contributed by atoms with E-state index in [2.05, 4.69) is 69.3 Å². The monoisotopic (exact) mass is 281 g/mol. The van der Waals surface area contributed by atoms with Gasteiger partial charge in [0.15, 0.2) is 0 Å². The van der Waals surface area contributed by atoms with Gasteiger partial charge >= 0.3 is 0 Å². The van der Waals surface area contributed by atoms with Gasteiger partial charge in [0, 0.05) is 6.04 Å². The minimum atomic E-state index is 0.126.